The lowest BCUT2D eigenvalue weighted by atomic mass is 10.2. The van der Waals surface area contributed by atoms with E-state index in [0.29, 0.717) is 0 Å². The molecule has 0 fully saturated rings. The van der Waals surface area contributed by atoms with Gasteiger partial charge in [0, 0.05) is 11.1 Å². The van der Waals surface area contributed by atoms with Gasteiger partial charge in [-0.25, -0.2) is 0 Å². The van der Waals surface area contributed by atoms with Crippen molar-refractivity contribution in [3.8, 4) is 0 Å². The number of aryl methyl sites for hydroxylation is 1. The molecule has 1 heterocycles. The molecule has 2 nitrogen and oxygen atoms in total. The number of hydrogen-bond acceptors (Lipinski definition) is 1. The number of halogens is 2. The first-order valence-electron chi connectivity index (χ1n) is 6.05. The molecule has 1 aromatic heterocycles. The van der Waals surface area contributed by atoms with Crippen molar-refractivity contribution in [2.45, 2.75) is 0 Å². The Morgan fingerprint density at radius 2 is 1.70 bits per heavy atom. The van der Waals surface area contributed by atoms with E-state index in [1.165, 1.54) is 0 Å². The summed E-state index contributed by atoms with van der Waals surface area (Å²) in [5, 5.41) is 0.742. The molecular weight excluding hydrogens is 385 g/mol. The Balaban J connectivity index is 0.00000147. The highest BCUT2D eigenvalue weighted by Crippen LogP contribution is 2.15. The fourth-order valence-corrected chi connectivity index (χ4v) is 2.13. The number of aromatic nitrogens is 1. The zero-order valence-corrected chi connectivity index (χ0v) is 13.8. The van der Waals surface area contributed by atoms with Crippen molar-refractivity contribution in [2.75, 3.05) is 0 Å². The summed E-state index contributed by atoms with van der Waals surface area (Å²) in [5.41, 5.74) is 3.06. The van der Waals surface area contributed by atoms with Gasteiger partial charge in [-0.3, -0.25) is 0 Å². The molecule has 0 saturated heterocycles. The molecule has 20 heavy (non-hydrogen) atoms. The zero-order chi connectivity index (χ0) is 13.2. The summed E-state index contributed by atoms with van der Waals surface area (Å²) in [6.07, 6.45) is 3.97. The van der Waals surface area contributed by atoms with Gasteiger partial charge in [0.1, 0.15) is 7.05 Å². The third kappa shape index (κ3) is 3.04. The van der Waals surface area contributed by atoms with Crippen LogP contribution in [0.2, 0.25) is 5.02 Å². The van der Waals surface area contributed by atoms with E-state index in [1.807, 2.05) is 72.3 Å². The Morgan fingerprint density at radius 1 is 1.00 bits per heavy atom. The van der Waals surface area contributed by atoms with Gasteiger partial charge in [0.15, 0.2) is 0 Å². The van der Waals surface area contributed by atoms with Crippen molar-refractivity contribution in [1.29, 1.82) is 0 Å². The van der Waals surface area contributed by atoms with E-state index >= 15 is 0 Å². The molecular formula is C16H13ClINO. The number of hydrogen-bond donors (Lipinski definition) is 0. The first kappa shape index (κ1) is 15.1. The van der Waals surface area contributed by atoms with E-state index in [-0.39, 0.29) is 24.0 Å². The average molecular weight is 398 g/mol. The molecule has 4 heteroatoms. The molecule has 0 bridgehead atoms. The van der Waals surface area contributed by atoms with Crippen molar-refractivity contribution < 1.29 is 33.0 Å². The zero-order valence-electron chi connectivity index (χ0n) is 10.9. The first-order chi connectivity index (χ1) is 9.24. The minimum Gasteiger partial charge on any atom is -1.00 e. The number of para-hydroxylation sites is 2. The average Bonchev–Trinajstić information content (AvgIpc) is 2.76. The predicted molar refractivity (Wildman–Crippen MR) is 77.8 cm³/mol. The minimum atomic E-state index is 0. The first-order valence-corrected chi connectivity index (χ1v) is 6.43. The largest absolute Gasteiger partial charge is 1.00 e. The summed E-state index contributed by atoms with van der Waals surface area (Å²) in [6.45, 7) is 0. The smallest absolute Gasteiger partial charge is 0.373 e. The summed E-state index contributed by atoms with van der Waals surface area (Å²) in [5.74, 6) is 0.816. The van der Waals surface area contributed by atoms with E-state index in [4.69, 9.17) is 16.0 Å². The van der Waals surface area contributed by atoms with Gasteiger partial charge in [-0.15, -0.1) is 0 Å². The number of benzene rings is 2. The van der Waals surface area contributed by atoms with Crippen LogP contribution in [0.15, 0.2) is 52.9 Å². The van der Waals surface area contributed by atoms with Gasteiger partial charge in [-0.05, 0) is 29.8 Å². The second kappa shape index (κ2) is 6.41. The van der Waals surface area contributed by atoms with Gasteiger partial charge in [-0.2, -0.15) is 4.57 Å². The molecule has 0 atom stereocenters. The third-order valence-corrected chi connectivity index (χ3v) is 3.31. The molecule has 0 saturated carbocycles. The lowest BCUT2D eigenvalue weighted by Gasteiger charge is -1.91. The molecule has 0 aliphatic heterocycles. The fourth-order valence-electron chi connectivity index (χ4n) is 2.01. The van der Waals surface area contributed by atoms with Crippen molar-refractivity contribution in [3.63, 3.8) is 0 Å². The van der Waals surface area contributed by atoms with Crippen LogP contribution in [0.5, 0.6) is 0 Å². The Kier molecular flexibility index (Phi) is 4.83. The standard InChI is InChI=1S/C16H13ClNO.HI/c1-18-14-4-2-3-5-15(14)19-16(18)11-8-12-6-9-13(17)10-7-12;/h2-11H,1H3;1H/q+1;/p-1. The highest BCUT2D eigenvalue weighted by atomic mass is 127. The highest BCUT2D eigenvalue weighted by molar-refractivity contribution is 6.30. The summed E-state index contributed by atoms with van der Waals surface area (Å²) in [7, 11) is 1.99. The van der Waals surface area contributed by atoms with Crippen LogP contribution in [0.4, 0.5) is 0 Å². The quantitative estimate of drug-likeness (QED) is 0.467. The fraction of sp³-hybridized carbons (Fsp3) is 0.0625. The van der Waals surface area contributed by atoms with Gasteiger partial charge in [0.05, 0.1) is 6.08 Å². The second-order valence-corrected chi connectivity index (χ2v) is 4.79. The van der Waals surface area contributed by atoms with Crippen LogP contribution < -0.4 is 28.5 Å². The third-order valence-electron chi connectivity index (χ3n) is 3.06. The van der Waals surface area contributed by atoms with Crippen LogP contribution in [0.3, 0.4) is 0 Å². The summed E-state index contributed by atoms with van der Waals surface area (Å²) < 4.78 is 7.82. The number of oxazole rings is 1. The molecule has 3 aromatic rings. The van der Waals surface area contributed by atoms with Gasteiger partial charge in [-0.1, -0.05) is 35.9 Å². The van der Waals surface area contributed by atoms with Gasteiger partial charge < -0.3 is 28.4 Å². The lowest BCUT2D eigenvalue weighted by molar-refractivity contribution is -0.651. The maximum atomic E-state index is 5.86. The van der Waals surface area contributed by atoms with Gasteiger partial charge in [0.25, 0.3) is 5.52 Å². The molecule has 3 rings (SSSR count). The maximum absolute atomic E-state index is 5.86. The molecule has 0 aliphatic carbocycles. The van der Waals surface area contributed by atoms with Crippen LogP contribution in [0.1, 0.15) is 11.5 Å². The monoisotopic (exact) mass is 397 g/mol. The van der Waals surface area contributed by atoms with Gasteiger partial charge in [0.2, 0.25) is 5.58 Å². The van der Waals surface area contributed by atoms with Crippen LogP contribution in [0.25, 0.3) is 23.3 Å². The Hall–Kier alpha value is -1.33. The van der Waals surface area contributed by atoms with Crippen molar-refractivity contribution in [1.82, 2.24) is 0 Å². The lowest BCUT2D eigenvalue weighted by Crippen LogP contribution is -3.00. The van der Waals surface area contributed by atoms with Crippen LogP contribution in [0, 0.1) is 0 Å². The van der Waals surface area contributed by atoms with E-state index in [9.17, 15) is 0 Å². The molecule has 2 aromatic carbocycles. The van der Waals surface area contributed by atoms with Gasteiger partial charge >= 0.3 is 5.89 Å². The second-order valence-electron chi connectivity index (χ2n) is 4.35. The number of rotatable bonds is 2. The van der Waals surface area contributed by atoms with E-state index < -0.39 is 0 Å². The number of fused-ring (bicyclic) bond motifs is 1. The topological polar surface area (TPSA) is 17.0 Å². The van der Waals surface area contributed by atoms with E-state index in [2.05, 4.69) is 0 Å². The summed E-state index contributed by atoms with van der Waals surface area (Å²) in [6, 6.07) is 15.7. The molecule has 0 unspecified atom stereocenters. The molecule has 102 valence electrons. The minimum absolute atomic E-state index is 0. The van der Waals surface area contributed by atoms with Crippen LogP contribution >= 0.6 is 11.6 Å². The normalized spacial score (nSPS) is 10.9. The maximum Gasteiger partial charge on any atom is 0.373 e. The Labute approximate surface area is 139 Å². The highest BCUT2D eigenvalue weighted by Gasteiger charge is 2.15. The Morgan fingerprint density at radius 3 is 2.40 bits per heavy atom. The SMILES string of the molecule is C[n+]1c(C=Cc2ccc(Cl)cc2)oc2ccccc21.[I-]. The van der Waals surface area contributed by atoms with Crippen molar-refractivity contribution in [2.24, 2.45) is 7.05 Å². The Bertz CT molecular complexity index is 747. The molecule has 0 N–H and O–H groups in total. The number of nitrogens with zero attached hydrogens (tertiary/aromatic N) is 1. The molecule has 0 aliphatic rings. The van der Waals surface area contributed by atoms with Crippen LogP contribution in [-0.2, 0) is 7.05 Å². The summed E-state index contributed by atoms with van der Waals surface area (Å²) >= 11 is 5.86. The molecule has 0 radical (unpaired) electrons. The molecule has 0 spiro atoms. The van der Waals surface area contributed by atoms with Crippen LogP contribution in [-0.4, -0.2) is 0 Å². The predicted octanol–water partition coefficient (Wildman–Crippen LogP) is 1.09. The van der Waals surface area contributed by atoms with E-state index in [0.717, 1.165) is 27.6 Å². The van der Waals surface area contributed by atoms with Crippen molar-refractivity contribution in [3.05, 3.63) is 65.0 Å². The molecule has 0 amide bonds. The van der Waals surface area contributed by atoms with E-state index in [1.54, 1.807) is 0 Å². The van der Waals surface area contributed by atoms with Crippen molar-refractivity contribution >= 4 is 34.9 Å². The summed E-state index contributed by atoms with van der Waals surface area (Å²) in [4.78, 5) is 0.